The molecule has 1 fully saturated rings. The molecule has 0 spiro atoms. The fourth-order valence-electron chi connectivity index (χ4n) is 3.28. The highest BCUT2D eigenvalue weighted by Crippen LogP contribution is 2.43. The minimum absolute atomic E-state index is 0.493. The van der Waals surface area contributed by atoms with Crippen LogP contribution in [0.4, 0.5) is 5.82 Å². The zero-order chi connectivity index (χ0) is 13.0. The highest BCUT2D eigenvalue weighted by Gasteiger charge is 2.34. The Labute approximate surface area is 110 Å². The van der Waals surface area contributed by atoms with E-state index < -0.39 is 0 Å². The van der Waals surface area contributed by atoms with Crippen LogP contribution in [-0.2, 0) is 0 Å². The second-order valence-electron chi connectivity index (χ2n) is 6.15. The lowest BCUT2D eigenvalue weighted by Gasteiger charge is -2.31. The van der Waals surface area contributed by atoms with Gasteiger partial charge in [0.2, 0.25) is 0 Å². The largest absolute Gasteiger partial charge is 0.369 e. The summed E-state index contributed by atoms with van der Waals surface area (Å²) in [6, 6.07) is 1.96. The van der Waals surface area contributed by atoms with Crippen LogP contribution in [-0.4, -0.2) is 16.5 Å². The molecule has 3 nitrogen and oxygen atoms in total. The molecule has 0 aliphatic heterocycles. The van der Waals surface area contributed by atoms with Crippen molar-refractivity contribution in [3.05, 3.63) is 18.1 Å². The van der Waals surface area contributed by atoms with Gasteiger partial charge in [0.05, 0.1) is 0 Å². The number of aromatic nitrogens is 2. The third-order valence-electron chi connectivity index (χ3n) is 3.93. The van der Waals surface area contributed by atoms with E-state index in [4.69, 9.17) is 0 Å². The van der Waals surface area contributed by atoms with Crippen LogP contribution in [0.5, 0.6) is 0 Å². The Morgan fingerprint density at radius 1 is 1.33 bits per heavy atom. The van der Waals surface area contributed by atoms with Gasteiger partial charge in [0.15, 0.2) is 0 Å². The molecule has 0 aromatic carbocycles. The molecule has 1 N–H and O–H groups in total. The molecule has 1 aromatic rings. The van der Waals surface area contributed by atoms with Crippen molar-refractivity contribution in [3.63, 3.8) is 0 Å². The van der Waals surface area contributed by atoms with E-state index in [0.29, 0.717) is 5.41 Å². The van der Waals surface area contributed by atoms with Crippen molar-refractivity contribution in [2.24, 2.45) is 11.3 Å². The zero-order valence-electron chi connectivity index (χ0n) is 11.9. The molecule has 0 unspecified atom stereocenters. The minimum Gasteiger partial charge on any atom is -0.369 e. The van der Waals surface area contributed by atoms with Gasteiger partial charge in [0.1, 0.15) is 11.6 Å². The quantitative estimate of drug-likeness (QED) is 0.860. The third-order valence-corrected chi connectivity index (χ3v) is 3.93. The zero-order valence-corrected chi connectivity index (χ0v) is 11.9. The predicted octanol–water partition coefficient (Wildman–Crippen LogP) is 3.80. The molecule has 0 atom stereocenters. The highest BCUT2D eigenvalue weighted by molar-refractivity contribution is 5.33. The van der Waals surface area contributed by atoms with Crippen LogP contribution in [0.25, 0.3) is 0 Å². The Kier molecular flexibility index (Phi) is 4.20. The molecule has 0 amide bonds. The summed E-state index contributed by atoms with van der Waals surface area (Å²) < 4.78 is 0. The number of anilines is 1. The maximum absolute atomic E-state index is 4.42. The molecule has 2 rings (SSSR count). The van der Waals surface area contributed by atoms with E-state index in [-0.39, 0.29) is 0 Å². The molecular weight excluding hydrogens is 222 g/mol. The molecule has 0 bridgehead atoms. The summed E-state index contributed by atoms with van der Waals surface area (Å²) in [5.41, 5.74) is 0.493. The van der Waals surface area contributed by atoms with Gasteiger partial charge < -0.3 is 5.32 Å². The van der Waals surface area contributed by atoms with Crippen LogP contribution in [0.2, 0.25) is 0 Å². The van der Waals surface area contributed by atoms with Gasteiger partial charge in [0.25, 0.3) is 0 Å². The average molecular weight is 247 g/mol. The fraction of sp³-hybridized carbons (Fsp3) is 0.733. The number of aryl methyl sites for hydroxylation is 1. The second kappa shape index (κ2) is 5.68. The molecule has 0 saturated heterocycles. The van der Waals surface area contributed by atoms with E-state index in [2.05, 4.69) is 29.1 Å². The Balaban J connectivity index is 1.97. The van der Waals surface area contributed by atoms with Gasteiger partial charge in [-0.05, 0) is 43.6 Å². The summed E-state index contributed by atoms with van der Waals surface area (Å²) in [5, 5.41) is 3.52. The standard InChI is InChI=1S/C15H25N3/c1-12(2)10-15(7-4-5-8-15)11-17-14-6-9-16-13(3)18-14/h6,9,12H,4-5,7-8,10-11H2,1-3H3,(H,16,17,18). The summed E-state index contributed by atoms with van der Waals surface area (Å²) >= 11 is 0. The van der Waals surface area contributed by atoms with Crippen LogP contribution >= 0.6 is 0 Å². The topological polar surface area (TPSA) is 37.8 Å². The molecule has 1 aromatic heterocycles. The Morgan fingerprint density at radius 3 is 2.67 bits per heavy atom. The van der Waals surface area contributed by atoms with Crippen molar-refractivity contribution in [1.29, 1.82) is 0 Å². The van der Waals surface area contributed by atoms with E-state index in [1.165, 1.54) is 32.1 Å². The van der Waals surface area contributed by atoms with Crippen LogP contribution in [0, 0.1) is 18.3 Å². The summed E-state index contributed by atoms with van der Waals surface area (Å²) in [4.78, 5) is 8.56. The third kappa shape index (κ3) is 3.44. The first-order chi connectivity index (χ1) is 8.60. The lowest BCUT2D eigenvalue weighted by Crippen LogP contribution is -2.28. The Morgan fingerprint density at radius 2 is 2.06 bits per heavy atom. The molecule has 1 aliphatic rings. The van der Waals surface area contributed by atoms with E-state index in [0.717, 1.165) is 24.1 Å². The van der Waals surface area contributed by atoms with Gasteiger partial charge in [-0.2, -0.15) is 0 Å². The number of hydrogen-bond acceptors (Lipinski definition) is 3. The monoisotopic (exact) mass is 247 g/mol. The first-order valence-electron chi connectivity index (χ1n) is 7.13. The molecular formula is C15H25N3. The van der Waals surface area contributed by atoms with Crippen LogP contribution in [0.1, 0.15) is 51.8 Å². The van der Waals surface area contributed by atoms with Crippen molar-refractivity contribution in [2.45, 2.75) is 52.9 Å². The van der Waals surface area contributed by atoms with Crippen LogP contribution < -0.4 is 5.32 Å². The molecule has 1 saturated carbocycles. The smallest absolute Gasteiger partial charge is 0.129 e. The van der Waals surface area contributed by atoms with Crippen LogP contribution in [0.3, 0.4) is 0 Å². The lowest BCUT2D eigenvalue weighted by molar-refractivity contribution is 0.252. The first-order valence-corrected chi connectivity index (χ1v) is 7.13. The maximum atomic E-state index is 4.42. The summed E-state index contributed by atoms with van der Waals surface area (Å²) in [6.45, 7) is 7.65. The van der Waals surface area contributed by atoms with Crippen molar-refractivity contribution in [1.82, 2.24) is 9.97 Å². The first kappa shape index (κ1) is 13.3. The van der Waals surface area contributed by atoms with Crippen molar-refractivity contribution < 1.29 is 0 Å². The van der Waals surface area contributed by atoms with Crippen LogP contribution in [0.15, 0.2) is 12.3 Å². The van der Waals surface area contributed by atoms with Gasteiger partial charge >= 0.3 is 0 Å². The van der Waals surface area contributed by atoms with Gasteiger partial charge in [-0.15, -0.1) is 0 Å². The molecule has 3 heteroatoms. The molecule has 18 heavy (non-hydrogen) atoms. The predicted molar refractivity (Wildman–Crippen MR) is 75.6 cm³/mol. The van der Waals surface area contributed by atoms with Crippen molar-refractivity contribution in [2.75, 3.05) is 11.9 Å². The SMILES string of the molecule is Cc1nccc(NCC2(CC(C)C)CCCC2)n1. The number of hydrogen-bond donors (Lipinski definition) is 1. The number of nitrogens with zero attached hydrogens (tertiary/aromatic N) is 2. The van der Waals surface area contributed by atoms with Gasteiger partial charge in [0, 0.05) is 12.7 Å². The van der Waals surface area contributed by atoms with Crippen molar-refractivity contribution in [3.8, 4) is 0 Å². The minimum atomic E-state index is 0.493. The Hall–Kier alpha value is -1.12. The fourth-order valence-corrected chi connectivity index (χ4v) is 3.28. The second-order valence-corrected chi connectivity index (χ2v) is 6.15. The van der Waals surface area contributed by atoms with Gasteiger partial charge in [-0.25, -0.2) is 9.97 Å². The van der Waals surface area contributed by atoms with E-state index in [1.807, 2.05) is 19.2 Å². The van der Waals surface area contributed by atoms with Gasteiger partial charge in [-0.3, -0.25) is 0 Å². The molecule has 0 radical (unpaired) electrons. The lowest BCUT2D eigenvalue weighted by atomic mass is 9.78. The van der Waals surface area contributed by atoms with E-state index in [1.54, 1.807) is 0 Å². The summed E-state index contributed by atoms with van der Waals surface area (Å²) in [5.74, 6) is 2.58. The number of rotatable bonds is 5. The van der Waals surface area contributed by atoms with E-state index in [9.17, 15) is 0 Å². The average Bonchev–Trinajstić information content (AvgIpc) is 2.75. The van der Waals surface area contributed by atoms with Crippen molar-refractivity contribution >= 4 is 5.82 Å². The normalized spacial score (nSPS) is 18.2. The van der Waals surface area contributed by atoms with E-state index >= 15 is 0 Å². The summed E-state index contributed by atoms with van der Waals surface area (Å²) in [7, 11) is 0. The van der Waals surface area contributed by atoms with Gasteiger partial charge in [-0.1, -0.05) is 26.7 Å². The maximum Gasteiger partial charge on any atom is 0.129 e. The molecule has 100 valence electrons. The molecule has 1 aliphatic carbocycles. The highest BCUT2D eigenvalue weighted by atomic mass is 15.0. The number of nitrogens with one attached hydrogen (secondary N) is 1. The summed E-state index contributed by atoms with van der Waals surface area (Å²) in [6.07, 6.45) is 8.65. The molecule has 1 heterocycles. The Bertz CT molecular complexity index is 381.